The lowest BCUT2D eigenvalue weighted by Crippen LogP contribution is -2.14. The SMILES string of the molecule is O=C(Nc1cccc(C(F)(F)F)c1)c1csc2nc(-c3cccs3)cn12. The molecule has 0 fully saturated rings. The van der Waals surface area contributed by atoms with Gasteiger partial charge in [0.15, 0.2) is 4.96 Å². The molecule has 0 unspecified atom stereocenters. The van der Waals surface area contributed by atoms with Crippen LogP contribution in [0.5, 0.6) is 0 Å². The predicted octanol–water partition coefficient (Wildman–Crippen LogP) is 5.40. The third-order valence-electron chi connectivity index (χ3n) is 3.66. The number of carbonyl (C=O) groups is 1. The summed E-state index contributed by atoms with van der Waals surface area (Å²) in [6.45, 7) is 0. The molecule has 1 amide bonds. The van der Waals surface area contributed by atoms with Gasteiger partial charge in [0, 0.05) is 17.3 Å². The number of nitrogens with one attached hydrogen (secondary N) is 1. The molecular weight excluding hydrogens is 383 g/mol. The molecule has 0 aliphatic carbocycles. The third-order valence-corrected chi connectivity index (χ3v) is 5.40. The maximum absolute atomic E-state index is 12.8. The van der Waals surface area contributed by atoms with Crippen LogP contribution in [0.2, 0.25) is 0 Å². The van der Waals surface area contributed by atoms with Crippen molar-refractivity contribution in [2.24, 2.45) is 0 Å². The van der Waals surface area contributed by atoms with Crippen LogP contribution in [-0.4, -0.2) is 15.3 Å². The summed E-state index contributed by atoms with van der Waals surface area (Å²) in [5, 5.41) is 6.08. The summed E-state index contributed by atoms with van der Waals surface area (Å²) in [6.07, 6.45) is -2.71. The lowest BCUT2D eigenvalue weighted by Gasteiger charge is -2.09. The van der Waals surface area contributed by atoms with Crippen molar-refractivity contribution < 1.29 is 18.0 Å². The summed E-state index contributed by atoms with van der Waals surface area (Å²) in [4.78, 5) is 18.6. The van der Waals surface area contributed by atoms with Gasteiger partial charge in [0.1, 0.15) is 11.4 Å². The van der Waals surface area contributed by atoms with Gasteiger partial charge in [-0.25, -0.2) is 4.98 Å². The number of nitrogens with zero attached hydrogens (tertiary/aromatic N) is 2. The van der Waals surface area contributed by atoms with Gasteiger partial charge in [-0.1, -0.05) is 12.1 Å². The Hall–Kier alpha value is -2.65. The molecule has 0 spiro atoms. The Balaban J connectivity index is 1.63. The largest absolute Gasteiger partial charge is 0.416 e. The molecule has 0 radical (unpaired) electrons. The van der Waals surface area contributed by atoms with Gasteiger partial charge < -0.3 is 5.32 Å². The van der Waals surface area contributed by atoms with E-state index in [9.17, 15) is 18.0 Å². The van der Waals surface area contributed by atoms with Gasteiger partial charge in [0.2, 0.25) is 0 Å². The molecule has 0 saturated heterocycles. The van der Waals surface area contributed by atoms with Crippen LogP contribution in [0.25, 0.3) is 15.5 Å². The highest BCUT2D eigenvalue weighted by molar-refractivity contribution is 7.15. The van der Waals surface area contributed by atoms with Crippen molar-refractivity contribution in [1.82, 2.24) is 9.38 Å². The van der Waals surface area contributed by atoms with Gasteiger partial charge in [-0.15, -0.1) is 22.7 Å². The van der Waals surface area contributed by atoms with Gasteiger partial charge in [-0.05, 0) is 29.6 Å². The maximum atomic E-state index is 12.8. The number of hydrogen-bond acceptors (Lipinski definition) is 4. The van der Waals surface area contributed by atoms with E-state index in [1.807, 2.05) is 17.5 Å². The topological polar surface area (TPSA) is 46.4 Å². The van der Waals surface area contributed by atoms with Crippen LogP contribution in [0.3, 0.4) is 0 Å². The van der Waals surface area contributed by atoms with Crippen LogP contribution in [0, 0.1) is 0 Å². The van der Waals surface area contributed by atoms with Gasteiger partial charge >= 0.3 is 6.18 Å². The number of thiazole rings is 1. The summed E-state index contributed by atoms with van der Waals surface area (Å²) in [5.74, 6) is -0.495. The minimum Gasteiger partial charge on any atom is -0.321 e. The number of benzene rings is 1. The smallest absolute Gasteiger partial charge is 0.321 e. The molecule has 4 nitrogen and oxygen atoms in total. The average molecular weight is 393 g/mol. The minimum atomic E-state index is -4.46. The van der Waals surface area contributed by atoms with Crippen molar-refractivity contribution in [2.75, 3.05) is 5.32 Å². The molecule has 4 aromatic rings. The zero-order chi connectivity index (χ0) is 18.3. The Bertz CT molecular complexity index is 1080. The van der Waals surface area contributed by atoms with E-state index in [1.165, 1.54) is 34.8 Å². The van der Waals surface area contributed by atoms with Crippen molar-refractivity contribution in [3.63, 3.8) is 0 Å². The van der Waals surface area contributed by atoms with Crippen molar-refractivity contribution in [1.29, 1.82) is 0 Å². The van der Waals surface area contributed by atoms with E-state index in [0.717, 1.165) is 22.7 Å². The fourth-order valence-corrected chi connectivity index (χ4v) is 3.99. The van der Waals surface area contributed by atoms with Gasteiger partial charge in [-0.3, -0.25) is 9.20 Å². The fraction of sp³-hybridized carbons (Fsp3) is 0.0588. The number of imidazole rings is 1. The Kier molecular flexibility index (Phi) is 4.04. The number of alkyl halides is 3. The van der Waals surface area contributed by atoms with Crippen LogP contribution in [-0.2, 0) is 6.18 Å². The van der Waals surface area contributed by atoms with Crippen LogP contribution >= 0.6 is 22.7 Å². The third kappa shape index (κ3) is 3.11. The lowest BCUT2D eigenvalue weighted by atomic mass is 10.2. The minimum absolute atomic E-state index is 0.0859. The number of anilines is 1. The molecule has 132 valence electrons. The quantitative estimate of drug-likeness (QED) is 0.507. The molecule has 9 heteroatoms. The van der Waals surface area contributed by atoms with E-state index in [0.29, 0.717) is 10.7 Å². The second-order valence-electron chi connectivity index (χ2n) is 5.41. The Labute approximate surface area is 153 Å². The number of thiophene rings is 1. The summed E-state index contributed by atoms with van der Waals surface area (Å²) in [5.41, 5.74) is 0.342. The number of halogens is 3. The van der Waals surface area contributed by atoms with E-state index in [1.54, 1.807) is 16.0 Å². The average Bonchev–Trinajstić information content (AvgIpc) is 3.30. The van der Waals surface area contributed by atoms with E-state index >= 15 is 0 Å². The second kappa shape index (κ2) is 6.26. The molecule has 3 aromatic heterocycles. The molecule has 0 aliphatic rings. The monoisotopic (exact) mass is 393 g/mol. The summed E-state index contributed by atoms with van der Waals surface area (Å²) >= 11 is 2.83. The zero-order valence-corrected chi connectivity index (χ0v) is 14.6. The van der Waals surface area contributed by atoms with Crippen LogP contribution in [0.15, 0.2) is 53.4 Å². The number of amides is 1. The zero-order valence-electron chi connectivity index (χ0n) is 12.9. The highest BCUT2D eigenvalue weighted by atomic mass is 32.1. The summed E-state index contributed by atoms with van der Waals surface area (Å²) in [7, 11) is 0. The first kappa shape index (κ1) is 16.8. The first-order valence-corrected chi connectivity index (χ1v) is 9.17. The predicted molar refractivity (Wildman–Crippen MR) is 95.8 cm³/mol. The molecule has 0 atom stereocenters. The fourth-order valence-electron chi connectivity index (χ4n) is 2.46. The number of rotatable bonds is 3. The number of fused-ring (bicyclic) bond motifs is 1. The standard InChI is InChI=1S/C17H10F3N3OS2/c18-17(19,20)10-3-1-4-11(7-10)21-15(24)13-9-26-16-22-12(8-23(13)16)14-5-2-6-25-14/h1-9H,(H,21,24). The van der Waals surface area contributed by atoms with Gasteiger partial charge in [0.25, 0.3) is 5.91 Å². The Morgan fingerprint density at radius 1 is 1.15 bits per heavy atom. The highest BCUT2D eigenvalue weighted by Gasteiger charge is 2.30. The van der Waals surface area contributed by atoms with Crippen LogP contribution < -0.4 is 5.32 Å². The Morgan fingerprint density at radius 2 is 2.00 bits per heavy atom. The molecule has 0 saturated carbocycles. The number of aromatic nitrogens is 2. The summed E-state index contributed by atoms with van der Waals surface area (Å²) in [6, 6.07) is 8.39. The Morgan fingerprint density at radius 3 is 2.73 bits per heavy atom. The lowest BCUT2D eigenvalue weighted by molar-refractivity contribution is -0.137. The van der Waals surface area contributed by atoms with Crippen molar-refractivity contribution in [2.45, 2.75) is 6.18 Å². The normalized spacial score (nSPS) is 11.8. The van der Waals surface area contributed by atoms with Crippen molar-refractivity contribution in [3.05, 3.63) is 64.6 Å². The van der Waals surface area contributed by atoms with Crippen molar-refractivity contribution >= 4 is 39.2 Å². The van der Waals surface area contributed by atoms with Crippen molar-refractivity contribution in [3.8, 4) is 10.6 Å². The maximum Gasteiger partial charge on any atom is 0.416 e. The van der Waals surface area contributed by atoms with Crippen LogP contribution in [0.4, 0.5) is 18.9 Å². The molecule has 4 rings (SSSR count). The number of carbonyl (C=O) groups excluding carboxylic acids is 1. The molecule has 1 N–H and O–H groups in total. The van der Waals surface area contributed by atoms with E-state index < -0.39 is 17.6 Å². The van der Waals surface area contributed by atoms with E-state index in [2.05, 4.69) is 10.3 Å². The summed E-state index contributed by atoms with van der Waals surface area (Å²) < 4.78 is 40.0. The first-order chi connectivity index (χ1) is 12.4. The van der Waals surface area contributed by atoms with Crippen LogP contribution in [0.1, 0.15) is 16.1 Å². The first-order valence-electron chi connectivity index (χ1n) is 7.41. The molecule has 26 heavy (non-hydrogen) atoms. The van der Waals surface area contributed by atoms with E-state index in [4.69, 9.17) is 0 Å². The van der Waals surface area contributed by atoms with Gasteiger partial charge in [0.05, 0.1) is 10.4 Å². The molecule has 1 aromatic carbocycles. The second-order valence-corrected chi connectivity index (χ2v) is 7.19. The highest BCUT2D eigenvalue weighted by Crippen LogP contribution is 2.31. The van der Waals surface area contributed by atoms with E-state index in [-0.39, 0.29) is 5.69 Å². The molecule has 0 aliphatic heterocycles. The molecular formula is C17H10F3N3OS2. The van der Waals surface area contributed by atoms with Gasteiger partial charge in [-0.2, -0.15) is 13.2 Å². The number of hydrogen-bond donors (Lipinski definition) is 1. The molecule has 0 bridgehead atoms. The molecule has 3 heterocycles.